The maximum absolute atomic E-state index is 12.2. The molecule has 0 aliphatic heterocycles. The number of aryl methyl sites for hydroxylation is 1. The molecule has 0 bridgehead atoms. The zero-order valence-corrected chi connectivity index (χ0v) is 14.2. The SMILES string of the molecule is Cl.N[C@H]1CCc2nc(NC(=O)c3ncccc3Br)sc2C1. The number of hydrogen-bond acceptors (Lipinski definition) is 5. The van der Waals surface area contributed by atoms with Crippen LogP contribution in [0.15, 0.2) is 22.8 Å². The van der Waals surface area contributed by atoms with Gasteiger partial charge < -0.3 is 5.73 Å². The quantitative estimate of drug-likeness (QED) is 0.827. The molecular weight excluding hydrogens is 376 g/mol. The Balaban J connectivity index is 0.00000161. The van der Waals surface area contributed by atoms with Gasteiger partial charge in [0.2, 0.25) is 0 Å². The lowest BCUT2D eigenvalue weighted by molar-refractivity contribution is 0.102. The van der Waals surface area contributed by atoms with Crippen LogP contribution in [0.4, 0.5) is 5.13 Å². The minimum Gasteiger partial charge on any atom is -0.327 e. The molecular formula is C13H14BrClN4OS. The van der Waals surface area contributed by atoms with Crippen LogP contribution in [-0.4, -0.2) is 21.9 Å². The number of nitrogens with two attached hydrogens (primary N) is 1. The Morgan fingerprint density at radius 3 is 3.10 bits per heavy atom. The van der Waals surface area contributed by atoms with Crippen LogP contribution in [0, 0.1) is 0 Å². The highest BCUT2D eigenvalue weighted by Crippen LogP contribution is 2.29. The number of thiazole rings is 1. The number of carbonyl (C=O) groups excluding carboxylic acids is 1. The van der Waals surface area contributed by atoms with Crippen LogP contribution < -0.4 is 11.1 Å². The summed E-state index contributed by atoms with van der Waals surface area (Å²) in [5.41, 5.74) is 7.37. The van der Waals surface area contributed by atoms with Gasteiger partial charge in [0, 0.05) is 21.6 Å². The van der Waals surface area contributed by atoms with Crippen LogP contribution in [0.25, 0.3) is 0 Å². The molecule has 5 nitrogen and oxygen atoms in total. The first-order valence-electron chi connectivity index (χ1n) is 6.29. The number of nitrogens with zero attached hydrogens (tertiary/aromatic N) is 2. The normalized spacial score (nSPS) is 16.8. The summed E-state index contributed by atoms with van der Waals surface area (Å²) in [5, 5.41) is 3.42. The van der Waals surface area contributed by atoms with E-state index >= 15 is 0 Å². The first-order valence-corrected chi connectivity index (χ1v) is 7.90. The summed E-state index contributed by atoms with van der Waals surface area (Å²) < 4.78 is 0.667. The number of hydrogen-bond donors (Lipinski definition) is 2. The number of anilines is 1. The van der Waals surface area contributed by atoms with Gasteiger partial charge in [-0.3, -0.25) is 10.1 Å². The van der Waals surface area contributed by atoms with Crippen LogP contribution >= 0.6 is 39.7 Å². The van der Waals surface area contributed by atoms with Gasteiger partial charge in [-0.25, -0.2) is 9.97 Å². The van der Waals surface area contributed by atoms with Crippen molar-refractivity contribution >= 4 is 50.7 Å². The largest absolute Gasteiger partial charge is 0.327 e. The number of amides is 1. The Bertz CT molecular complexity index is 663. The summed E-state index contributed by atoms with van der Waals surface area (Å²) in [4.78, 5) is 21.9. The number of nitrogens with one attached hydrogen (secondary N) is 1. The summed E-state index contributed by atoms with van der Waals surface area (Å²) in [6.45, 7) is 0. The van der Waals surface area contributed by atoms with E-state index in [1.807, 2.05) is 0 Å². The smallest absolute Gasteiger partial charge is 0.277 e. The highest BCUT2D eigenvalue weighted by molar-refractivity contribution is 9.10. The number of fused-ring (bicyclic) bond motifs is 1. The van der Waals surface area contributed by atoms with Crippen molar-refractivity contribution in [3.05, 3.63) is 39.1 Å². The van der Waals surface area contributed by atoms with Crippen molar-refractivity contribution < 1.29 is 4.79 Å². The molecule has 2 aromatic rings. The zero-order valence-electron chi connectivity index (χ0n) is 11.0. The Morgan fingerprint density at radius 2 is 2.33 bits per heavy atom. The molecule has 0 saturated heterocycles. The molecule has 0 saturated carbocycles. The van der Waals surface area contributed by atoms with E-state index < -0.39 is 0 Å². The van der Waals surface area contributed by atoms with Crippen molar-refractivity contribution in [2.24, 2.45) is 5.73 Å². The van der Waals surface area contributed by atoms with Gasteiger partial charge in [-0.05, 0) is 47.3 Å². The lowest BCUT2D eigenvalue weighted by atomic mass is 9.99. The Hall–Kier alpha value is -1.02. The fourth-order valence-electron chi connectivity index (χ4n) is 2.16. The van der Waals surface area contributed by atoms with Crippen molar-refractivity contribution in [1.82, 2.24) is 9.97 Å². The van der Waals surface area contributed by atoms with E-state index in [9.17, 15) is 4.79 Å². The third-order valence-corrected chi connectivity index (χ3v) is 4.85. The van der Waals surface area contributed by atoms with E-state index in [1.165, 1.54) is 16.2 Å². The summed E-state index contributed by atoms with van der Waals surface area (Å²) in [6, 6.07) is 3.76. The van der Waals surface area contributed by atoms with Crippen molar-refractivity contribution in [2.45, 2.75) is 25.3 Å². The Morgan fingerprint density at radius 1 is 1.52 bits per heavy atom. The van der Waals surface area contributed by atoms with Crippen LogP contribution in [0.2, 0.25) is 0 Å². The minimum atomic E-state index is -0.257. The van der Waals surface area contributed by atoms with Gasteiger partial charge in [-0.15, -0.1) is 23.7 Å². The van der Waals surface area contributed by atoms with Crippen LogP contribution in [0.3, 0.4) is 0 Å². The summed E-state index contributed by atoms with van der Waals surface area (Å²) in [5.74, 6) is -0.257. The van der Waals surface area contributed by atoms with Gasteiger partial charge >= 0.3 is 0 Å². The molecule has 8 heteroatoms. The van der Waals surface area contributed by atoms with Gasteiger partial charge in [0.25, 0.3) is 5.91 Å². The molecule has 1 aliphatic rings. The number of halogens is 2. The van der Waals surface area contributed by atoms with Gasteiger partial charge in [-0.1, -0.05) is 0 Å². The van der Waals surface area contributed by atoms with Crippen LogP contribution in [-0.2, 0) is 12.8 Å². The van der Waals surface area contributed by atoms with Gasteiger partial charge in [0.15, 0.2) is 5.13 Å². The van der Waals surface area contributed by atoms with Crippen LogP contribution in [0.1, 0.15) is 27.5 Å². The lowest BCUT2D eigenvalue weighted by Gasteiger charge is -2.15. The monoisotopic (exact) mass is 388 g/mol. The number of carbonyl (C=O) groups is 1. The summed E-state index contributed by atoms with van der Waals surface area (Å²) in [7, 11) is 0. The summed E-state index contributed by atoms with van der Waals surface area (Å²) in [6.07, 6.45) is 4.27. The third-order valence-electron chi connectivity index (χ3n) is 3.17. The van der Waals surface area contributed by atoms with E-state index in [1.54, 1.807) is 18.3 Å². The fourth-order valence-corrected chi connectivity index (χ4v) is 3.69. The first kappa shape index (κ1) is 16.4. The maximum Gasteiger partial charge on any atom is 0.277 e. The summed E-state index contributed by atoms with van der Waals surface area (Å²) >= 11 is 4.82. The molecule has 2 aromatic heterocycles. The molecule has 0 unspecified atom stereocenters. The first-order chi connectivity index (χ1) is 9.63. The molecule has 3 N–H and O–H groups in total. The fraction of sp³-hybridized carbons (Fsp3) is 0.308. The number of rotatable bonds is 2. The van der Waals surface area contributed by atoms with Crippen molar-refractivity contribution in [1.29, 1.82) is 0 Å². The molecule has 112 valence electrons. The molecule has 21 heavy (non-hydrogen) atoms. The van der Waals surface area contributed by atoms with Crippen molar-refractivity contribution in [3.8, 4) is 0 Å². The topological polar surface area (TPSA) is 80.9 Å². The molecule has 1 atom stereocenters. The van der Waals surface area contributed by atoms with Crippen LogP contribution in [0.5, 0.6) is 0 Å². The minimum absolute atomic E-state index is 0. The van der Waals surface area contributed by atoms with E-state index in [-0.39, 0.29) is 24.4 Å². The van der Waals surface area contributed by atoms with E-state index in [0.29, 0.717) is 15.3 Å². The van der Waals surface area contributed by atoms with Gasteiger partial charge in [0.05, 0.1) is 5.69 Å². The standard InChI is InChI=1S/C13H13BrN4OS.ClH/c14-8-2-1-5-16-11(8)12(19)18-13-17-9-4-3-7(15)6-10(9)20-13;/h1-2,5,7H,3-4,6,15H2,(H,17,18,19);1H/t7-;/m0./s1. The molecule has 3 rings (SSSR count). The molecule has 2 heterocycles. The molecule has 1 amide bonds. The molecule has 0 radical (unpaired) electrons. The average Bonchev–Trinajstić information content (AvgIpc) is 2.80. The van der Waals surface area contributed by atoms with Gasteiger partial charge in [-0.2, -0.15) is 0 Å². The predicted molar refractivity (Wildman–Crippen MR) is 89.3 cm³/mol. The Kier molecular flexibility index (Phi) is 5.32. The molecule has 0 fully saturated rings. The molecule has 1 aliphatic carbocycles. The van der Waals surface area contributed by atoms with Crippen molar-refractivity contribution in [3.63, 3.8) is 0 Å². The second-order valence-electron chi connectivity index (χ2n) is 4.68. The van der Waals surface area contributed by atoms with E-state index in [0.717, 1.165) is 25.0 Å². The van der Waals surface area contributed by atoms with E-state index in [4.69, 9.17) is 5.73 Å². The Labute approximate surface area is 140 Å². The lowest BCUT2D eigenvalue weighted by Crippen LogP contribution is -2.27. The predicted octanol–water partition coefficient (Wildman–Crippen LogP) is 2.79. The molecule has 0 spiro atoms. The maximum atomic E-state index is 12.2. The van der Waals surface area contributed by atoms with E-state index in [2.05, 4.69) is 31.2 Å². The van der Waals surface area contributed by atoms with Crippen molar-refractivity contribution in [2.75, 3.05) is 5.32 Å². The average molecular weight is 390 g/mol. The zero-order chi connectivity index (χ0) is 14.1. The number of pyridine rings is 1. The highest BCUT2D eigenvalue weighted by Gasteiger charge is 2.21. The third kappa shape index (κ3) is 3.60. The second kappa shape index (κ2) is 6.83. The second-order valence-corrected chi connectivity index (χ2v) is 6.62. The number of aromatic nitrogens is 2. The van der Waals surface area contributed by atoms with Gasteiger partial charge in [0.1, 0.15) is 5.69 Å². The molecule has 0 aromatic carbocycles. The highest BCUT2D eigenvalue weighted by atomic mass is 79.9.